The van der Waals surface area contributed by atoms with Gasteiger partial charge in [-0.05, 0) is 19.1 Å². The van der Waals surface area contributed by atoms with E-state index in [0.717, 1.165) is 0 Å². The van der Waals surface area contributed by atoms with Crippen molar-refractivity contribution in [2.75, 3.05) is 13.7 Å². The minimum Gasteiger partial charge on any atom is -0.493 e. The monoisotopic (exact) mass is 267 g/mol. The van der Waals surface area contributed by atoms with E-state index in [2.05, 4.69) is 4.99 Å². The molecule has 6 heteroatoms. The van der Waals surface area contributed by atoms with E-state index in [0.29, 0.717) is 11.5 Å². The number of sulfone groups is 1. The number of methoxy groups -OCH3 is 1. The quantitative estimate of drug-likeness (QED) is 0.833. The molecular formula is C12H13NO4S. The normalized spacial score (nSPS) is 17.0. The van der Waals surface area contributed by atoms with Crippen molar-refractivity contribution in [1.29, 1.82) is 0 Å². The van der Waals surface area contributed by atoms with Crippen LogP contribution in [0.4, 0.5) is 0 Å². The molecule has 0 bridgehead atoms. The predicted octanol–water partition coefficient (Wildman–Crippen LogP) is 1.76. The lowest BCUT2D eigenvalue weighted by Crippen LogP contribution is -2.20. The second-order valence-electron chi connectivity index (χ2n) is 3.71. The fraction of sp³-hybridized carbons (Fsp3) is 0.250. The third kappa shape index (κ3) is 2.24. The smallest absolute Gasteiger partial charge is 0.220 e. The van der Waals surface area contributed by atoms with Crippen molar-refractivity contribution >= 4 is 14.9 Å². The lowest BCUT2D eigenvalue weighted by molar-refractivity contribution is 0.336. The number of aliphatic imine (C=N–C) groups is 1. The number of rotatable bonds is 4. The van der Waals surface area contributed by atoms with Crippen LogP contribution in [0.3, 0.4) is 0 Å². The number of para-hydroxylation sites is 2. The van der Waals surface area contributed by atoms with Crippen LogP contribution in [0.25, 0.3) is 0 Å². The predicted molar refractivity (Wildman–Crippen MR) is 68.6 cm³/mol. The molecule has 0 saturated heterocycles. The van der Waals surface area contributed by atoms with E-state index in [1.807, 2.05) is 0 Å². The first-order valence-electron chi connectivity index (χ1n) is 5.30. The molecule has 18 heavy (non-hydrogen) atoms. The van der Waals surface area contributed by atoms with Gasteiger partial charge in [0.15, 0.2) is 16.5 Å². The second kappa shape index (κ2) is 4.81. The molecule has 5 nitrogen and oxygen atoms in total. The molecule has 0 aliphatic carbocycles. The van der Waals surface area contributed by atoms with Crippen molar-refractivity contribution in [3.05, 3.63) is 35.4 Å². The maximum Gasteiger partial charge on any atom is 0.220 e. The summed E-state index contributed by atoms with van der Waals surface area (Å²) in [6.07, 6.45) is 1.33. The molecule has 0 amide bonds. The Labute approximate surface area is 106 Å². The Morgan fingerprint density at radius 3 is 2.44 bits per heavy atom. The highest BCUT2D eigenvalue weighted by Crippen LogP contribution is 2.26. The first kappa shape index (κ1) is 12.6. The molecule has 0 N–H and O–H groups in total. The van der Waals surface area contributed by atoms with Crippen molar-refractivity contribution in [2.45, 2.75) is 6.92 Å². The Morgan fingerprint density at radius 2 is 1.89 bits per heavy atom. The number of hydrogen-bond donors (Lipinski definition) is 0. The van der Waals surface area contributed by atoms with Gasteiger partial charge < -0.3 is 9.47 Å². The van der Waals surface area contributed by atoms with Gasteiger partial charge in [0.1, 0.15) is 6.61 Å². The first-order valence-corrected chi connectivity index (χ1v) is 6.78. The zero-order valence-corrected chi connectivity index (χ0v) is 10.9. The summed E-state index contributed by atoms with van der Waals surface area (Å²) in [5.41, 5.74) is 0. The molecule has 0 atom stereocenters. The zero-order chi connectivity index (χ0) is 13.2. The zero-order valence-electron chi connectivity index (χ0n) is 10.1. The summed E-state index contributed by atoms with van der Waals surface area (Å²) in [5, 5.41) is 0.0194. The van der Waals surface area contributed by atoms with Crippen molar-refractivity contribution in [2.24, 2.45) is 4.99 Å². The molecular weight excluding hydrogens is 254 g/mol. The topological polar surface area (TPSA) is 65.0 Å². The minimum absolute atomic E-state index is 0.0194. The Kier molecular flexibility index (Phi) is 3.38. The largest absolute Gasteiger partial charge is 0.493 e. The Balaban J connectivity index is 2.11. The Bertz CT molecular complexity index is 617. The summed E-state index contributed by atoms with van der Waals surface area (Å²) in [6, 6.07) is 7.04. The summed E-state index contributed by atoms with van der Waals surface area (Å²) >= 11 is 0. The van der Waals surface area contributed by atoms with Crippen molar-refractivity contribution in [3.8, 4) is 11.5 Å². The van der Waals surface area contributed by atoms with E-state index in [-0.39, 0.29) is 16.6 Å². The average Bonchev–Trinajstić information content (AvgIpc) is 2.62. The van der Waals surface area contributed by atoms with E-state index < -0.39 is 9.84 Å². The Morgan fingerprint density at radius 1 is 1.22 bits per heavy atom. The van der Waals surface area contributed by atoms with E-state index in [4.69, 9.17) is 9.47 Å². The summed E-state index contributed by atoms with van der Waals surface area (Å²) < 4.78 is 34.1. The maximum absolute atomic E-state index is 11.8. The van der Waals surface area contributed by atoms with Crippen LogP contribution in [-0.4, -0.2) is 27.2 Å². The molecule has 1 aromatic carbocycles. The SMILES string of the molecule is COc1ccccc1OCC1=NC=C(C)S1(=O)=O. The van der Waals surface area contributed by atoms with Crippen molar-refractivity contribution < 1.29 is 17.9 Å². The molecule has 0 spiro atoms. The molecule has 0 radical (unpaired) electrons. The second-order valence-corrected chi connectivity index (χ2v) is 5.83. The fourth-order valence-electron chi connectivity index (χ4n) is 1.48. The van der Waals surface area contributed by atoms with Crippen LogP contribution in [0, 0.1) is 0 Å². The molecule has 0 aromatic heterocycles. The third-order valence-corrected chi connectivity index (χ3v) is 4.34. The van der Waals surface area contributed by atoms with Gasteiger partial charge in [-0.3, -0.25) is 0 Å². The number of ether oxygens (including phenoxy) is 2. The highest BCUT2D eigenvalue weighted by atomic mass is 32.2. The van der Waals surface area contributed by atoms with Crippen LogP contribution in [0.2, 0.25) is 0 Å². The van der Waals surface area contributed by atoms with Crippen molar-refractivity contribution in [1.82, 2.24) is 0 Å². The van der Waals surface area contributed by atoms with E-state index in [1.165, 1.54) is 20.2 Å². The molecule has 2 rings (SSSR count). The van der Waals surface area contributed by atoms with E-state index in [1.54, 1.807) is 24.3 Å². The van der Waals surface area contributed by atoms with Gasteiger partial charge in [0.2, 0.25) is 9.84 Å². The standard InChI is InChI=1S/C12H13NO4S/c1-9-7-13-12(18(9,14)15)8-17-11-6-4-3-5-10(11)16-2/h3-7H,8H2,1-2H3. The van der Waals surface area contributed by atoms with Crippen LogP contribution in [0.1, 0.15) is 6.92 Å². The lowest BCUT2D eigenvalue weighted by atomic mass is 10.3. The van der Waals surface area contributed by atoms with Gasteiger partial charge in [0.05, 0.1) is 12.0 Å². The lowest BCUT2D eigenvalue weighted by Gasteiger charge is -2.10. The van der Waals surface area contributed by atoms with Gasteiger partial charge in [-0.25, -0.2) is 13.4 Å². The maximum atomic E-state index is 11.8. The molecule has 0 fully saturated rings. The van der Waals surface area contributed by atoms with Gasteiger partial charge in [-0.2, -0.15) is 0 Å². The number of allylic oxidation sites excluding steroid dienone is 1. The molecule has 96 valence electrons. The summed E-state index contributed by atoms with van der Waals surface area (Å²) in [6.45, 7) is 1.41. The van der Waals surface area contributed by atoms with Gasteiger partial charge in [0.25, 0.3) is 0 Å². The molecule has 0 saturated carbocycles. The van der Waals surface area contributed by atoms with Gasteiger partial charge in [-0.15, -0.1) is 0 Å². The van der Waals surface area contributed by atoms with Crippen LogP contribution >= 0.6 is 0 Å². The molecule has 1 aliphatic rings. The Hall–Kier alpha value is -1.82. The van der Waals surface area contributed by atoms with Crippen LogP contribution < -0.4 is 9.47 Å². The summed E-state index contributed by atoms with van der Waals surface area (Å²) in [7, 11) is -1.88. The van der Waals surface area contributed by atoms with Crippen molar-refractivity contribution in [3.63, 3.8) is 0 Å². The van der Waals surface area contributed by atoms with Crippen LogP contribution in [-0.2, 0) is 9.84 Å². The first-order chi connectivity index (χ1) is 8.55. The van der Waals surface area contributed by atoms with E-state index in [9.17, 15) is 8.42 Å². The van der Waals surface area contributed by atoms with Gasteiger partial charge >= 0.3 is 0 Å². The molecule has 1 aromatic rings. The van der Waals surface area contributed by atoms with Gasteiger partial charge in [-0.1, -0.05) is 12.1 Å². The third-order valence-electron chi connectivity index (χ3n) is 2.54. The summed E-state index contributed by atoms with van der Waals surface area (Å²) in [4.78, 5) is 4.08. The highest BCUT2D eigenvalue weighted by Gasteiger charge is 2.27. The summed E-state index contributed by atoms with van der Waals surface area (Å²) in [5.74, 6) is 1.04. The van der Waals surface area contributed by atoms with Crippen LogP contribution in [0.5, 0.6) is 11.5 Å². The van der Waals surface area contributed by atoms with Crippen LogP contribution in [0.15, 0.2) is 40.4 Å². The van der Waals surface area contributed by atoms with E-state index >= 15 is 0 Å². The molecule has 1 aliphatic heterocycles. The van der Waals surface area contributed by atoms with Gasteiger partial charge in [0, 0.05) is 6.20 Å². The molecule has 0 unspecified atom stereocenters. The molecule has 1 heterocycles. The number of benzene rings is 1. The fourth-order valence-corrected chi connectivity index (χ4v) is 2.45. The average molecular weight is 267 g/mol. The number of nitrogens with zero attached hydrogens (tertiary/aromatic N) is 1. The highest BCUT2D eigenvalue weighted by molar-refractivity contribution is 8.10. The minimum atomic E-state index is -3.41. The number of hydrogen-bond acceptors (Lipinski definition) is 5.